The second-order valence-electron chi connectivity index (χ2n) is 4.32. The predicted molar refractivity (Wildman–Crippen MR) is 75.1 cm³/mol. The lowest BCUT2D eigenvalue weighted by molar-refractivity contribution is -0.384. The van der Waals surface area contributed by atoms with Crippen LogP contribution in [0.2, 0.25) is 5.02 Å². The first kappa shape index (κ1) is 13.4. The summed E-state index contributed by atoms with van der Waals surface area (Å²) in [5, 5.41) is 11.0. The molecule has 1 N–H and O–H groups in total. The predicted octanol–water partition coefficient (Wildman–Crippen LogP) is 3.41. The van der Waals surface area contributed by atoms with Crippen LogP contribution in [-0.2, 0) is 6.54 Å². The van der Waals surface area contributed by atoms with Crippen molar-refractivity contribution >= 4 is 17.3 Å². The van der Waals surface area contributed by atoms with Crippen molar-refractivity contribution < 1.29 is 4.92 Å². The largest absolute Gasteiger partial charge is 0.321 e. The number of aryl methyl sites for hydroxylation is 2. The number of nitrogens with zero attached hydrogens (tertiary/aromatic N) is 2. The highest BCUT2D eigenvalue weighted by molar-refractivity contribution is 6.31. The fraction of sp³-hybridized carbons (Fsp3) is 0.231. The van der Waals surface area contributed by atoms with Crippen molar-refractivity contribution in [3.8, 4) is 0 Å². The molecule has 0 fully saturated rings. The Balaban J connectivity index is 2.14. The molecule has 0 saturated heterocycles. The summed E-state index contributed by atoms with van der Waals surface area (Å²) < 4.78 is 1.96. The molecule has 0 spiro atoms. The highest BCUT2D eigenvalue weighted by atomic mass is 35.5. The van der Waals surface area contributed by atoms with E-state index in [1.54, 1.807) is 6.07 Å². The van der Waals surface area contributed by atoms with Gasteiger partial charge >= 0.3 is 0 Å². The molecule has 6 heteroatoms. The van der Waals surface area contributed by atoms with Gasteiger partial charge in [0.25, 0.3) is 5.69 Å². The third kappa shape index (κ3) is 2.88. The Morgan fingerprint density at radius 3 is 2.42 bits per heavy atom. The normalized spacial score (nSPS) is 10.5. The van der Waals surface area contributed by atoms with Crippen LogP contribution in [0.3, 0.4) is 0 Å². The van der Waals surface area contributed by atoms with Crippen LogP contribution in [0.25, 0.3) is 0 Å². The molecule has 0 aliphatic heterocycles. The number of non-ortho nitro benzene ring substituents is 1. The van der Waals surface area contributed by atoms with Crippen molar-refractivity contribution in [3.63, 3.8) is 0 Å². The third-order valence-electron chi connectivity index (χ3n) is 2.95. The molecule has 0 unspecified atom stereocenters. The number of aromatic nitrogens is 1. The number of nitrogens with one attached hydrogen (secondary N) is 1. The minimum Gasteiger partial charge on any atom is -0.321 e. The molecular formula is C13H14ClN3O2. The van der Waals surface area contributed by atoms with Crippen LogP contribution in [0.5, 0.6) is 0 Å². The van der Waals surface area contributed by atoms with E-state index in [1.807, 2.05) is 30.7 Å². The second-order valence-corrected chi connectivity index (χ2v) is 4.73. The maximum Gasteiger partial charge on any atom is 0.270 e. The van der Waals surface area contributed by atoms with Gasteiger partial charge in [0, 0.05) is 23.5 Å². The SMILES string of the molecule is Cc1ccc(C)n1NCc1ccc([N+](=O)[O-])cc1Cl. The number of hydrogen-bond donors (Lipinski definition) is 1. The Kier molecular flexibility index (Phi) is 3.76. The Bertz CT molecular complexity index is 603. The first-order chi connectivity index (χ1) is 8.99. The topological polar surface area (TPSA) is 60.1 Å². The van der Waals surface area contributed by atoms with E-state index in [4.69, 9.17) is 11.6 Å². The highest BCUT2D eigenvalue weighted by Gasteiger charge is 2.09. The van der Waals surface area contributed by atoms with E-state index < -0.39 is 4.92 Å². The first-order valence-corrected chi connectivity index (χ1v) is 6.18. The highest BCUT2D eigenvalue weighted by Crippen LogP contribution is 2.22. The molecule has 1 heterocycles. The number of nitro groups is 1. The van der Waals surface area contributed by atoms with Gasteiger partial charge in [-0.2, -0.15) is 0 Å². The van der Waals surface area contributed by atoms with Gasteiger partial charge in [-0.15, -0.1) is 0 Å². The number of rotatable bonds is 4. The summed E-state index contributed by atoms with van der Waals surface area (Å²) >= 11 is 6.04. The van der Waals surface area contributed by atoms with Gasteiger partial charge in [-0.05, 0) is 37.6 Å². The van der Waals surface area contributed by atoms with Crippen molar-refractivity contribution in [2.75, 3.05) is 5.43 Å². The summed E-state index contributed by atoms with van der Waals surface area (Å²) in [6.45, 7) is 4.50. The molecule has 100 valence electrons. The second kappa shape index (κ2) is 5.32. The molecule has 1 aromatic carbocycles. The van der Waals surface area contributed by atoms with E-state index in [1.165, 1.54) is 12.1 Å². The summed E-state index contributed by atoms with van der Waals surface area (Å²) in [6.07, 6.45) is 0. The van der Waals surface area contributed by atoms with Crippen molar-refractivity contribution in [2.24, 2.45) is 0 Å². The molecule has 0 radical (unpaired) electrons. The fourth-order valence-corrected chi connectivity index (χ4v) is 2.12. The van der Waals surface area contributed by atoms with E-state index in [9.17, 15) is 10.1 Å². The summed E-state index contributed by atoms with van der Waals surface area (Å²) in [5.41, 5.74) is 6.24. The number of hydrogen-bond acceptors (Lipinski definition) is 3. The van der Waals surface area contributed by atoms with E-state index in [0.717, 1.165) is 17.0 Å². The van der Waals surface area contributed by atoms with Gasteiger partial charge in [0.05, 0.1) is 16.5 Å². The van der Waals surface area contributed by atoms with Crippen LogP contribution in [0.1, 0.15) is 17.0 Å². The van der Waals surface area contributed by atoms with Gasteiger partial charge in [-0.25, -0.2) is 0 Å². The average Bonchev–Trinajstić information content (AvgIpc) is 2.68. The summed E-state index contributed by atoms with van der Waals surface area (Å²) in [4.78, 5) is 10.2. The van der Waals surface area contributed by atoms with Crippen molar-refractivity contribution in [2.45, 2.75) is 20.4 Å². The van der Waals surface area contributed by atoms with E-state index in [0.29, 0.717) is 11.6 Å². The Morgan fingerprint density at radius 1 is 1.26 bits per heavy atom. The molecule has 0 bridgehead atoms. The van der Waals surface area contributed by atoms with Crippen molar-refractivity contribution in [3.05, 3.63) is 62.4 Å². The van der Waals surface area contributed by atoms with Crippen molar-refractivity contribution in [1.29, 1.82) is 0 Å². The number of nitro benzene ring substituents is 1. The van der Waals surface area contributed by atoms with E-state index >= 15 is 0 Å². The minimum absolute atomic E-state index is 0.00192. The van der Waals surface area contributed by atoms with E-state index in [-0.39, 0.29) is 5.69 Å². The molecular weight excluding hydrogens is 266 g/mol. The van der Waals surface area contributed by atoms with E-state index in [2.05, 4.69) is 5.43 Å². The molecule has 5 nitrogen and oxygen atoms in total. The van der Waals surface area contributed by atoms with Gasteiger partial charge in [-0.1, -0.05) is 11.6 Å². The molecule has 1 aromatic heterocycles. The average molecular weight is 280 g/mol. The van der Waals surface area contributed by atoms with Crippen LogP contribution >= 0.6 is 11.6 Å². The Morgan fingerprint density at radius 2 is 1.89 bits per heavy atom. The zero-order chi connectivity index (χ0) is 14.0. The summed E-state index contributed by atoms with van der Waals surface area (Å²) in [5.74, 6) is 0. The Labute approximate surface area is 115 Å². The first-order valence-electron chi connectivity index (χ1n) is 5.80. The molecule has 0 amide bonds. The standard InChI is InChI=1S/C13H14ClN3O2/c1-9-3-4-10(2)16(9)15-8-11-5-6-12(17(18)19)7-13(11)14/h3-7,15H,8H2,1-2H3. The van der Waals surface area contributed by atoms with Gasteiger partial charge in [0.1, 0.15) is 0 Å². The maximum atomic E-state index is 10.6. The zero-order valence-corrected chi connectivity index (χ0v) is 11.4. The Hall–Kier alpha value is -2.01. The van der Waals surface area contributed by atoms with Gasteiger partial charge in [0.2, 0.25) is 0 Å². The molecule has 0 atom stereocenters. The smallest absolute Gasteiger partial charge is 0.270 e. The van der Waals surface area contributed by atoms with Crippen LogP contribution in [0.4, 0.5) is 5.69 Å². The molecule has 0 aliphatic rings. The lowest BCUT2D eigenvalue weighted by Crippen LogP contribution is -2.17. The maximum absolute atomic E-state index is 10.6. The van der Waals surface area contributed by atoms with Gasteiger partial charge in [0.15, 0.2) is 0 Å². The molecule has 0 saturated carbocycles. The molecule has 2 aromatic rings. The molecule has 2 rings (SSSR count). The van der Waals surface area contributed by atoms with Gasteiger partial charge < -0.3 is 5.43 Å². The lowest BCUT2D eigenvalue weighted by Gasteiger charge is -2.13. The number of benzene rings is 1. The van der Waals surface area contributed by atoms with Crippen LogP contribution in [-0.4, -0.2) is 9.60 Å². The third-order valence-corrected chi connectivity index (χ3v) is 3.30. The van der Waals surface area contributed by atoms with Crippen LogP contribution in [0.15, 0.2) is 30.3 Å². The lowest BCUT2D eigenvalue weighted by atomic mass is 10.2. The fourth-order valence-electron chi connectivity index (χ4n) is 1.88. The monoisotopic (exact) mass is 279 g/mol. The molecule has 19 heavy (non-hydrogen) atoms. The summed E-state index contributed by atoms with van der Waals surface area (Å²) in [6, 6.07) is 8.52. The van der Waals surface area contributed by atoms with Gasteiger partial charge in [-0.3, -0.25) is 14.8 Å². The quantitative estimate of drug-likeness (QED) is 0.689. The summed E-state index contributed by atoms with van der Waals surface area (Å²) in [7, 11) is 0. The van der Waals surface area contributed by atoms with Crippen LogP contribution in [0, 0.1) is 24.0 Å². The zero-order valence-electron chi connectivity index (χ0n) is 10.7. The number of halogens is 1. The van der Waals surface area contributed by atoms with Crippen LogP contribution < -0.4 is 5.43 Å². The minimum atomic E-state index is -0.455. The molecule has 0 aliphatic carbocycles. The van der Waals surface area contributed by atoms with Crippen molar-refractivity contribution in [1.82, 2.24) is 4.68 Å².